The summed E-state index contributed by atoms with van der Waals surface area (Å²) < 4.78 is 18.1. The first kappa shape index (κ1) is 18.1. The van der Waals surface area contributed by atoms with E-state index in [9.17, 15) is 9.18 Å². The van der Waals surface area contributed by atoms with Gasteiger partial charge in [-0.15, -0.1) is 0 Å². The molecular weight excluding hydrogens is 369 g/mol. The summed E-state index contributed by atoms with van der Waals surface area (Å²) in [7, 11) is 0. The zero-order chi connectivity index (χ0) is 20.0. The highest BCUT2D eigenvalue weighted by Crippen LogP contribution is 2.31. The van der Waals surface area contributed by atoms with Crippen molar-refractivity contribution in [1.82, 2.24) is 24.2 Å². The molecule has 5 rings (SSSR count). The largest absolute Gasteiger partial charge is 0.336 e. The number of rotatable bonds is 4. The molecule has 0 saturated heterocycles. The summed E-state index contributed by atoms with van der Waals surface area (Å²) in [6, 6.07) is 4.68. The molecule has 0 bridgehead atoms. The van der Waals surface area contributed by atoms with E-state index in [1.807, 2.05) is 17.1 Å². The van der Waals surface area contributed by atoms with Crippen LogP contribution in [0.15, 0.2) is 36.8 Å². The molecule has 3 aromatic rings. The van der Waals surface area contributed by atoms with Crippen molar-refractivity contribution in [2.24, 2.45) is 5.92 Å². The molecule has 2 aromatic heterocycles. The van der Waals surface area contributed by atoms with Gasteiger partial charge in [0.05, 0.1) is 18.1 Å². The van der Waals surface area contributed by atoms with E-state index in [1.165, 1.54) is 18.9 Å². The van der Waals surface area contributed by atoms with Gasteiger partial charge in [0.25, 0.3) is 5.91 Å². The Morgan fingerprint density at radius 3 is 2.90 bits per heavy atom. The number of nitrogens with zero attached hydrogens (tertiary/aromatic N) is 5. The summed E-state index contributed by atoms with van der Waals surface area (Å²) in [5.41, 5.74) is 2.94. The first-order valence-corrected chi connectivity index (χ1v) is 10.2. The van der Waals surface area contributed by atoms with Crippen LogP contribution in [0, 0.1) is 18.7 Å². The molecule has 1 saturated carbocycles. The van der Waals surface area contributed by atoms with Gasteiger partial charge in [0, 0.05) is 49.9 Å². The number of benzene rings is 1. The van der Waals surface area contributed by atoms with Crippen molar-refractivity contribution in [3.8, 4) is 11.3 Å². The van der Waals surface area contributed by atoms with Crippen molar-refractivity contribution in [1.29, 1.82) is 0 Å². The van der Waals surface area contributed by atoms with Gasteiger partial charge in [-0.25, -0.2) is 9.37 Å². The average Bonchev–Trinajstić information content (AvgIpc) is 3.33. The number of fused-ring (bicyclic) bond motifs is 1. The summed E-state index contributed by atoms with van der Waals surface area (Å²) in [6.45, 7) is 4.45. The molecule has 7 heteroatoms. The van der Waals surface area contributed by atoms with E-state index in [1.54, 1.807) is 24.0 Å². The van der Waals surface area contributed by atoms with Gasteiger partial charge in [0.1, 0.15) is 11.6 Å². The van der Waals surface area contributed by atoms with Gasteiger partial charge >= 0.3 is 0 Å². The Bertz CT molecular complexity index is 1070. The third-order valence-corrected chi connectivity index (χ3v) is 5.99. The molecule has 1 amide bonds. The molecule has 1 aliphatic carbocycles. The van der Waals surface area contributed by atoms with Crippen molar-refractivity contribution in [2.75, 3.05) is 13.1 Å². The second kappa shape index (κ2) is 7.13. The van der Waals surface area contributed by atoms with Gasteiger partial charge in [-0.05, 0) is 43.4 Å². The minimum absolute atomic E-state index is 0.119. The van der Waals surface area contributed by atoms with Crippen LogP contribution >= 0.6 is 0 Å². The molecule has 0 unspecified atom stereocenters. The summed E-state index contributed by atoms with van der Waals surface area (Å²) in [4.78, 5) is 19.4. The third-order valence-electron chi connectivity index (χ3n) is 5.99. The molecule has 2 aliphatic rings. The van der Waals surface area contributed by atoms with Gasteiger partial charge in [-0.2, -0.15) is 5.10 Å². The van der Waals surface area contributed by atoms with Crippen molar-refractivity contribution in [3.63, 3.8) is 0 Å². The molecule has 1 aliphatic heterocycles. The Morgan fingerprint density at radius 1 is 1.21 bits per heavy atom. The van der Waals surface area contributed by atoms with Crippen LogP contribution in [0.25, 0.3) is 11.3 Å². The second-order valence-corrected chi connectivity index (χ2v) is 8.06. The Kier molecular flexibility index (Phi) is 4.45. The Hall–Kier alpha value is -2.96. The number of hydrogen-bond donors (Lipinski definition) is 0. The minimum atomic E-state index is -0.343. The summed E-state index contributed by atoms with van der Waals surface area (Å²) in [5.74, 6) is 1.29. The summed E-state index contributed by atoms with van der Waals surface area (Å²) in [6.07, 6.45) is 9.17. The van der Waals surface area contributed by atoms with Crippen LogP contribution in [0.5, 0.6) is 0 Å². The average molecular weight is 393 g/mol. The van der Waals surface area contributed by atoms with Crippen LogP contribution in [0.3, 0.4) is 0 Å². The Balaban J connectivity index is 1.35. The number of hydrogen-bond acceptors (Lipinski definition) is 3. The predicted molar refractivity (Wildman–Crippen MR) is 107 cm³/mol. The van der Waals surface area contributed by atoms with Crippen LogP contribution in [0.2, 0.25) is 0 Å². The highest BCUT2D eigenvalue weighted by Gasteiger charge is 2.25. The topological polar surface area (TPSA) is 56.0 Å². The van der Waals surface area contributed by atoms with E-state index in [-0.39, 0.29) is 11.7 Å². The Labute approximate surface area is 169 Å². The number of amides is 1. The molecule has 0 spiro atoms. The standard InChI is InChI=1S/C22H24FN5O/c1-15-18(3-2-4-19(15)23)22(29)26-8-7-21-24-12-20(28(21)10-9-26)17-11-25-27(14-17)13-16-5-6-16/h2-4,11-12,14,16H,5-10,13H2,1H3. The van der Waals surface area contributed by atoms with E-state index in [2.05, 4.69) is 20.8 Å². The number of aromatic nitrogens is 4. The van der Waals surface area contributed by atoms with Gasteiger partial charge in [0.2, 0.25) is 0 Å². The zero-order valence-electron chi connectivity index (χ0n) is 16.5. The molecule has 0 radical (unpaired) electrons. The van der Waals surface area contributed by atoms with Crippen LogP contribution in [-0.4, -0.2) is 43.2 Å². The molecule has 0 atom stereocenters. The van der Waals surface area contributed by atoms with E-state index in [0.717, 1.165) is 29.5 Å². The minimum Gasteiger partial charge on any atom is -0.336 e. The molecule has 150 valence electrons. The molecule has 3 heterocycles. The number of imidazole rings is 1. The maximum atomic E-state index is 13.9. The fourth-order valence-electron chi connectivity index (χ4n) is 4.03. The molecule has 29 heavy (non-hydrogen) atoms. The van der Waals surface area contributed by atoms with Crippen LogP contribution in [0.1, 0.15) is 34.6 Å². The lowest BCUT2D eigenvalue weighted by Crippen LogP contribution is -2.34. The molecular formula is C22H24FN5O. The number of carbonyl (C=O) groups excluding carboxylic acids is 1. The van der Waals surface area contributed by atoms with E-state index in [4.69, 9.17) is 0 Å². The smallest absolute Gasteiger partial charge is 0.254 e. The molecule has 6 nitrogen and oxygen atoms in total. The zero-order valence-corrected chi connectivity index (χ0v) is 16.5. The van der Waals surface area contributed by atoms with Crippen LogP contribution < -0.4 is 0 Å². The summed E-state index contributed by atoms with van der Waals surface area (Å²) >= 11 is 0. The highest BCUT2D eigenvalue weighted by atomic mass is 19.1. The van der Waals surface area contributed by atoms with E-state index in [0.29, 0.717) is 37.2 Å². The van der Waals surface area contributed by atoms with Crippen LogP contribution in [-0.2, 0) is 19.5 Å². The van der Waals surface area contributed by atoms with E-state index >= 15 is 0 Å². The first-order valence-electron chi connectivity index (χ1n) is 10.2. The van der Waals surface area contributed by atoms with Gasteiger partial charge in [-0.3, -0.25) is 9.48 Å². The highest BCUT2D eigenvalue weighted by molar-refractivity contribution is 5.95. The maximum absolute atomic E-state index is 13.9. The van der Waals surface area contributed by atoms with Crippen molar-refractivity contribution >= 4 is 5.91 Å². The van der Waals surface area contributed by atoms with Crippen molar-refractivity contribution in [2.45, 2.75) is 39.3 Å². The van der Waals surface area contributed by atoms with Crippen molar-refractivity contribution < 1.29 is 9.18 Å². The third kappa shape index (κ3) is 3.45. The maximum Gasteiger partial charge on any atom is 0.254 e. The number of halogens is 1. The van der Waals surface area contributed by atoms with E-state index < -0.39 is 0 Å². The molecule has 1 aromatic carbocycles. The fourth-order valence-corrected chi connectivity index (χ4v) is 4.03. The number of carbonyl (C=O) groups is 1. The normalized spacial score (nSPS) is 16.6. The predicted octanol–water partition coefficient (Wildman–Crippen LogP) is 3.30. The second-order valence-electron chi connectivity index (χ2n) is 8.06. The molecule has 0 N–H and O–H groups in total. The Morgan fingerprint density at radius 2 is 2.07 bits per heavy atom. The monoisotopic (exact) mass is 393 g/mol. The van der Waals surface area contributed by atoms with Gasteiger partial charge in [-0.1, -0.05) is 6.07 Å². The lowest BCUT2D eigenvalue weighted by atomic mass is 10.1. The van der Waals surface area contributed by atoms with Gasteiger partial charge < -0.3 is 9.47 Å². The fraction of sp³-hybridized carbons (Fsp3) is 0.409. The van der Waals surface area contributed by atoms with Crippen LogP contribution in [0.4, 0.5) is 4.39 Å². The van der Waals surface area contributed by atoms with Gasteiger partial charge in [0.15, 0.2) is 0 Å². The summed E-state index contributed by atoms with van der Waals surface area (Å²) in [5, 5.41) is 4.50. The molecule has 1 fully saturated rings. The first-order chi connectivity index (χ1) is 14.1. The lowest BCUT2D eigenvalue weighted by Gasteiger charge is -2.21. The SMILES string of the molecule is Cc1c(F)cccc1C(=O)N1CCc2ncc(-c3cnn(CC4CC4)c3)n2CC1. The van der Waals surface area contributed by atoms with Crippen molar-refractivity contribution in [3.05, 3.63) is 59.6 Å². The lowest BCUT2D eigenvalue weighted by molar-refractivity contribution is 0.0758. The quantitative estimate of drug-likeness (QED) is 0.683.